The average Bonchev–Trinajstić information content (AvgIpc) is 2.20. The molecular weight excluding hydrogens is 206 g/mol. The quantitative estimate of drug-likeness (QED) is 0.545. The van der Waals surface area contributed by atoms with Gasteiger partial charge in [0.2, 0.25) is 5.91 Å². The lowest BCUT2D eigenvalue weighted by Gasteiger charge is -2.12. The predicted octanol–water partition coefficient (Wildman–Crippen LogP) is 1.13. The highest BCUT2D eigenvalue weighted by molar-refractivity contribution is 5.94. The molecule has 16 heavy (non-hydrogen) atoms. The van der Waals surface area contributed by atoms with Gasteiger partial charge in [0.15, 0.2) is 0 Å². The molecule has 0 radical (unpaired) electrons. The van der Waals surface area contributed by atoms with Crippen molar-refractivity contribution < 1.29 is 9.59 Å². The molecule has 0 saturated heterocycles. The molecule has 0 saturated carbocycles. The van der Waals surface area contributed by atoms with Crippen molar-refractivity contribution in [2.75, 3.05) is 6.54 Å². The third-order valence-electron chi connectivity index (χ3n) is 2.36. The lowest BCUT2D eigenvalue weighted by molar-refractivity contribution is -0.119. The summed E-state index contributed by atoms with van der Waals surface area (Å²) in [6, 6.07) is -0.516. The van der Waals surface area contributed by atoms with Gasteiger partial charge in [-0.1, -0.05) is 32.6 Å². The van der Waals surface area contributed by atoms with E-state index in [9.17, 15) is 9.59 Å². The van der Waals surface area contributed by atoms with Gasteiger partial charge in [0.05, 0.1) is 6.54 Å². The van der Waals surface area contributed by atoms with Crippen molar-refractivity contribution >= 4 is 11.9 Å². The van der Waals surface area contributed by atoms with Crippen LogP contribution < -0.4 is 16.4 Å². The normalized spacial score (nSPS) is 12.1. The number of nitrogens with one attached hydrogen (secondary N) is 2. The smallest absolute Gasteiger partial charge is 0.318 e. The molecule has 1 atom stereocenters. The van der Waals surface area contributed by atoms with Crippen molar-refractivity contribution in [2.24, 2.45) is 5.73 Å². The lowest BCUT2D eigenvalue weighted by atomic mass is 10.1. The SMILES string of the molecule is CCCCCCC(C)NCC(=O)NC(N)=O. The number of rotatable bonds is 8. The minimum absolute atomic E-state index is 0.137. The molecule has 0 aliphatic carbocycles. The summed E-state index contributed by atoms with van der Waals surface area (Å²) < 4.78 is 0. The monoisotopic (exact) mass is 229 g/mol. The maximum atomic E-state index is 11.1. The van der Waals surface area contributed by atoms with Crippen molar-refractivity contribution in [1.29, 1.82) is 0 Å². The van der Waals surface area contributed by atoms with Crippen LogP contribution in [0.5, 0.6) is 0 Å². The Hall–Kier alpha value is -1.10. The summed E-state index contributed by atoms with van der Waals surface area (Å²) in [5.74, 6) is -0.382. The summed E-state index contributed by atoms with van der Waals surface area (Å²) >= 11 is 0. The molecule has 5 heteroatoms. The standard InChI is InChI=1S/C11H23N3O2/c1-3-4-5-6-7-9(2)13-8-10(15)14-11(12)16/h9,13H,3-8H2,1-2H3,(H3,12,14,15,16). The van der Waals surface area contributed by atoms with E-state index in [0.29, 0.717) is 0 Å². The highest BCUT2D eigenvalue weighted by Gasteiger charge is 2.06. The number of hydrogen-bond acceptors (Lipinski definition) is 3. The van der Waals surface area contributed by atoms with Gasteiger partial charge in [-0.25, -0.2) is 4.79 Å². The number of urea groups is 1. The Morgan fingerprint density at radius 3 is 2.50 bits per heavy atom. The zero-order chi connectivity index (χ0) is 12.4. The van der Waals surface area contributed by atoms with Gasteiger partial charge in [0.1, 0.15) is 0 Å². The molecule has 1 unspecified atom stereocenters. The van der Waals surface area contributed by atoms with Crippen molar-refractivity contribution in [1.82, 2.24) is 10.6 Å². The molecule has 5 nitrogen and oxygen atoms in total. The Labute approximate surface area is 97.2 Å². The summed E-state index contributed by atoms with van der Waals surface area (Å²) in [4.78, 5) is 21.4. The molecule has 0 heterocycles. The van der Waals surface area contributed by atoms with Crippen molar-refractivity contribution in [3.63, 3.8) is 0 Å². The predicted molar refractivity (Wildman–Crippen MR) is 63.9 cm³/mol. The molecule has 0 aromatic carbocycles. The van der Waals surface area contributed by atoms with E-state index in [-0.39, 0.29) is 18.5 Å². The molecule has 4 N–H and O–H groups in total. The van der Waals surface area contributed by atoms with Crippen LogP contribution in [0.2, 0.25) is 0 Å². The van der Waals surface area contributed by atoms with Crippen LogP contribution in [0.1, 0.15) is 46.0 Å². The van der Waals surface area contributed by atoms with E-state index in [2.05, 4.69) is 12.2 Å². The number of amides is 3. The summed E-state index contributed by atoms with van der Waals surface area (Å²) in [5, 5.41) is 5.06. The van der Waals surface area contributed by atoms with Crippen LogP contribution in [0.15, 0.2) is 0 Å². The first kappa shape index (κ1) is 14.9. The molecular formula is C11H23N3O2. The summed E-state index contributed by atoms with van der Waals surface area (Å²) in [5.41, 5.74) is 4.81. The Morgan fingerprint density at radius 1 is 1.25 bits per heavy atom. The van der Waals surface area contributed by atoms with Gasteiger partial charge in [-0.2, -0.15) is 0 Å². The topological polar surface area (TPSA) is 84.2 Å². The Kier molecular flexibility index (Phi) is 8.52. The molecule has 0 aliphatic rings. The molecule has 0 spiro atoms. The first-order valence-electron chi connectivity index (χ1n) is 5.89. The van der Waals surface area contributed by atoms with Crippen molar-refractivity contribution in [3.05, 3.63) is 0 Å². The van der Waals surface area contributed by atoms with Crippen LogP contribution in [0.3, 0.4) is 0 Å². The average molecular weight is 229 g/mol. The Balaban J connectivity index is 3.45. The van der Waals surface area contributed by atoms with Gasteiger partial charge in [0.25, 0.3) is 0 Å². The zero-order valence-corrected chi connectivity index (χ0v) is 10.2. The summed E-state index contributed by atoms with van der Waals surface area (Å²) in [7, 11) is 0. The van der Waals surface area contributed by atoms with Crippen molar-refractivity contribution in [3.8, 4) is 0 Å². The molecule has 0 rings (SSSR count). The Bertz CT molecular complexity index is 219. The molecule has 0 aromatic rings. The fourth-order valence-corrected chi connectivity index (χ4v) is 1.43. The number of nitrogens with two attached hydrogens (primary N) is 1. The van der Waals surface area contributed by atoms with Gasteiger partial charge in [-0.3, -0.25) is 10.1 Å². The minimum atomic E-state index is -0.803. The molecule has 3 amide bonds. The van der Waals surface area contributed by atoms with E-state index in [0.717, 1.165) is 6.42 Å². The maximum absolute atomic E-state index is 11.1. The molecule has 0 bridgehead atoms. The van der Waals surface area contributed by atoms with Crippen LogP contribution in [0, 0.1) is 0 Å². The second-order valence-electron chi connectivity index (χ2n) is 4.04. The summed E-state index contributed by atoms with van der Waals surface area (Å²) in [6.45, 7) is 4.34. The minimum Gasteiger partial charge on any atom is -0.351 e. The van der Waals surface area contributed by atoms with Gasteiger partial charge >= 0.3 is 6.03 Å². The van der Waals surface area contributed by atoms with E-state index in [1.165, 1.54) is 25.7 Å². The van der Waals surface area contributed by atoms with E-state index < -0.39 is 6.03 Å². The second kappa shape index (κ2) is 9.15. The van der Waals surface area contributed by atoms with Crippen LogP contribution in [0.4, 0.5) is 4.79 Å². The van der Waals surface area contributed by atoms with E-state index in [1.54, 1.807) is 0 Å². The van der Waals surface area contributed by atoms with Gasteiger partial charge in [0, 0.05) is 6.04 Å². The Morgan fingerprint density at radius 2 is 1.94 bits per heavy atom. The van der Waals surface area contributed by atoms with Gasteiger partial charge in [-0.05, 0) is 13.3 Å². The van der Waals surface area contributed by atoms with Crippen LogP contribution >= 0.6 is 0 Å². The number of hydrogen-bond donors (Lipinski definition) is 3. The fourth-order valence-electron chi connectivity index (χ4n) is 1.43. The van der Waals surface area contributed by atoms with Gasteiger partial charge in [-0.15, -0.1) is 0 Å². The fraction of sp³-hybridized carbons (Fsp3) is 0.818. The third kappa shape index (κ3) is 9.45. The number of carbonyl (C=O) groups is 2. The van der Waals surface area contributed by atoms with Gasteiger partial charge < -0.3 is 11.1 Å². The zero-order valence-electron chi connectivity index (χ0n) is 10.2. The molecule has 0 aliphatic heterocycles. The van der Waals surface area contributed by atoms with E-state index in [1.807, 2.05) is 12.2 Å². The first-order chi connectivity index (χ1) is 7.56. The number of carbonyl (C=O) groups excluding carboxylic acids is 2. The highest BCUT2D eigenvalue weighted by atomic mass is 16.2. The van der Waals surface area contributed by atoms with Crippen LogP contribution in [-0.2, 0) is 4.79 Å². The number of unbranched alkanes of at least 4 members (excludes halogenated alkanes) is 3. The first-order valence-corrected chi connectivity index (χ1v) is 5.89. The lowest BCUT2D eigenvalue weighted by Crippen LogP contribution is -2.42. The molecule has 0 aromatic heterocycles. The second-order valence-corrected chi connectivity index (χ2v) is 4.04. The van der Waals surface area contributed by atoms with E-state index >= 15 is 0 Å². The van der Waals surface area contributed by atoms with Crippen molar-refractivity contribution in [2.45, 2.75) is 52.0 Å². The molecule has 0 fully saturated rings. The largest absolute Gasteiger partial charge is 0.351 e. The number of primary amides is 1. The number of imide groups is 1. The van der Waals surface area contributed by atoms with Crippen LogP contribution in [-0.4, -0.2) is 24.5 Å². The van der Waals surface area contributed by atoms with E-state index in [4.69, 9.17) is 5.73 Å². The van der Waals surface area contributed by atoms with Crippen LogP contribution in [0.25, 0.3) is 0 Å². The molecule has 94 valence electrons. The maximum Gasteiger partial charge on any atom is 0.318 e. The summed E-state index contributed by atoms with van der Waals surface area (Å²) in [6.07, 6.45) is 5.93. The third-order valence-corrected chi connectivity index (χ3v) is 2.36. The highest BCUT2D eigenvalue weighted by Crippen LogP contribution is 2.04.